The quantitative estimate of drug-likeness (QED) is 0.537. The molecule has 4 aromatic heterocycles. The molecule has 1 unspecified atom stereocenters. The lowest BCUT2D eigenvalue weighted by Crippen LogP contribution is -2.43. The topological polar surface area (TPSA) is 112 Å². The van der Waals surface area contributed by atoms with E-state index in [1.165, 1.54) is 0 Å². The molecule has 30 heavy (non-hydrogen) atoms. The van der Waals surface area contributed by atoms with Gasteiger partial charge in [-0.3, -0.25) is 9.97 Å². The van der Waals surface area contributed by atoms with Crippen molar-refractivity contribution in [3.8, 4) is 17.2 Å². The normalized spacial score (nSPS) is 16.9. The molecule has 0 bridgehead atoms. The Bertz CT molecular complexity index is 1220. The fourth-order valence-electron chi connectivity index (χ4n) is 3.69. The van der Waals surface area contributed by atoms with Crippen LogP contribution in [-0.4, -0.2) is 53.8 Å². The number of anilines is 1. The molecule has 10 heteroatoms. The molecule has 1 aliphatic rings. The van der Waals surface area contributed by atoms with Crippen molar-refractivity contribution in [2.45, 2.75) is 25.8 Å². The van der Waals surface area contributed by atoms with E-state index >= 15 is 0 Å². The number of aromatic nitrogens is 7. The minimum atomic E-state index is 0.106. The van der Waals surface area contributed by atoms with Crippen molar-refractivity contribution >= 4 is 28.3 Å². The van der Waals surface area contributed by atoms with Crippen LogP contribution >= 0.6 is 11.6 Å². The summed E-state index contributed by atoms with van der Waals surface area (Å²) in [5.74, 6) is 1.21. The number of nitrogens with two attached hydrogens (primary N) is 1. The van der Waals surface area contributed by atoms with E-state index in [4.69, 9.17) is 22.3 Å². The highest BCUT2D eigenvalue weighted by molar-refractivity contribution is 6.31. The van der Waals surface area contributed by atoms with Gasteiger partial charge in [-0.05, 0) is 25.8 Å². The maximum atomic E-state index is 6.37. The van der Waals surface area contributed by atoms with E-state index in [1.807, 2.05) is 13.0 Å². The van der Waals surface area contributed by atoms with Crippen molar-refractivity contribution in [2.75, 3.05) is 18.0 Å². The van der Waals surface area contributed by atoms with Gasteiger partial charge < -0.3 is 10.6 Å². The van der Waals surface area contributed by atoms with Gasteiger partial charge in [-0.2, -0.15) is 5.10 Å². The Hall–Kier alpha value is -3.17. The highest BCUT2D eigenvalue weighted by Gasteiger charge is 2.22. The van der Waals surface area contributed by atoms with Crippen LogP contribution in [-0.2, 0) is 0 Å². The predicted octanol–water partition coefficient (Wildman–Crippen LogP) is 2.56. The molecule has 1 saturated heterocycles. The van der Waals surface area contributed by atoms with E-state index in [1.54, 1.807) is 35.7 Å². The molecular weight excluding hydrogens is 402 g/mol. The Kier molecular flexibility index (Phi) is 4.76. The summed E-state index contributed by atoms with van der Waals surface area (Å²) in [4.78, 5) is 24.4. The molecule has 5 rings (SSSR count). The van der Waals surface area contributed by atoms with Crippen LogP contribution in [0.3, 0.4) is 0 Å². The van der Waals surface area contributed by atoms with Gasteiger partial charge in [-0.1, -0.05) is 11.6 Å². The smallest absolute Gasteiger partial charge is 0.174 e. The zero-order valence-corrected chi connectivity index (χ0v) is 17.2. The summed E-state index contributed by atoms with van der Waals surface area (Å²) in [5.41, 5.74) is 9.23. The molecule has 0 amide bonds. The third kappa shape index (κ3) is 3.46. The largest absolute Gasteiger partial charge is 0.352 e. The number of nitrogens with zero attached hydrogens (tertiary/aromatic N) is 8. The fourth-order valence-corrected chi connectivity index (χ4v) is 3.90. The SMILES string of the molecule is Cc1cncc(-c2cc3c(cn2)cnn3-c2cnc(Cl)c(N3CCCC(N)C3)n2)n1. The number of aryl methyl sites for hydroxylation is 1. The van der Waals surface area contributed by atoms with E-state index in [9.17, 15) is 0 Å². The monoisotopic (exact) mass is 421 g/mol. The van der Waals surface area contributed by atoms with Crippen molar-refractivity contribution < 1.29 is 0 Å². The van der Waals surface area contributed by atoms with E-state index in [0.717, 1.165) is 36.0 Å². The number of pyridine rings is 1. The maximum Gasteiger partial charge on any atom is 0.174 e. The maximum absolute atomic E-state index is 6.37. The number of rotatable bonds is 3. The van der Waals surface area contributed by atoms with E-state index in [-0.39, 0.29) is 6.04 Å². The Balaban J connectivity index is 1.58. The van der Waals surface area contributed by atoms with Gasteiger partial charge >= 0.3 is 0 Å². The van der Waals surface area contributed by atoms with Gasteiger partial charge in [0.25, 0.3) is 0 Å². The lowest BCUT2D eigenvalue weighted by molar-refractivity contribution is 0.502. The van der Waals surface area contributed by atoms with Crippen molar-refractivity contribution in [2.24, 2.45) is 5.73 Å². The van der Waals surface area contributed by atoms with Crippen LogP contribution in [0.5, 0.6) is 0 Å². The molecule has 0 aromatic carbocycles. The van der Waals surface area contributed by atoms with Gasteiger partial charge in [0, 0.05) is 36.9 Å². The minimum Gasteiger partial charge on any atom is -0.352 e. The van der Waals surface area contributed by atoms with Gasteiger partial charge in [0.2, 0.25) is 0 Å². The third-order valence-electron chi connectivity index (χ3n) is 5.14. The summed E-state index contributed by atoms with van der Waals surface area (Å²) < 4.78 is 1.74. The van der Waals surface area contributed by atoms with E-state index < -0.39 is 0 Å². The molecule has 0 saturated carbocycles. The lowest BCUT2D eigenvalue weighted by Gasteiger charge is -2.31. The zero-order chi connectivity index (χ0) is 20.7. The van der Waals surface area contributed by atoms with Crippen LogP contribution in [0.4, 0.5) is 5.82 Å². The average molecular weight is 422 g/mol. The van der Waals surface area contributed by atoms with Gasteiger partial charge in [0.1, 0.15) is 5.69 Å². The van der Waals surface area contributed by atoms with Crippen molar-refractivity contribution in [1.29, 1.82) is 0 Å². The molecule has 1 atom stereocenters. The van der Waals surface area contributed by atoms with E-state index in [2.05, 4.69) is 29.9 Å². The van der Waals surface area contributed by atoms with Gasteiger partial charge in [0.05, 0.1) is 35.5 Å². The van der Waals surface area contributed by atoms with Crippen molar-refractivity contribution in [3.63, 3.8) is 0 Å². The van der Waals surface area contributed by atoms with Crippen LogP contribution in [0, 0.1) is 6.92 Å². The fraction of sp³-hybridized carbons (Fsp3) is 0.300. The third-order valence-corrected chi connectivity index (χ3v) is 5.41. The second-order valence-electron chi connectivity index (χ2n) is 7.42. The highest BCUT2D eigenvalue weighted by Crippen LogP contribution is 2.27. The van der Waals surface area contributed by atoms with Crippen LogP contribution in [0.1, 0.15) is 18.5 Å². The number of hydrogen-bond acceptors (Lipinski definition) is 8. The van der Waals surface area contributed by atoms with Crippen LogP contribution < -0.4 is 10.6 Å². The minimum absolute atomic E-state index is 0.106. The Morgan fingerprint density at radius 3 is 2.80 bits per heavy atom. The molecule has 152 valence electrons. The van der Waals surface area contributed by atoms with Crippen molar-refractivity contribution in [1.82, 2.24) is 34.7 Å². The first-order valence-electron chi connectivity index (χ1n) is 9.75. The number of fused-ring (bicyclic) bond motifs is 1. The molecule has 1 aliphatic heterocycles. The summed E-state index contributed by atoms with van der Waals surface area (Å²) in [5, 5.41) is 5.75. The first kappa shape index (κ1) is 18.8. The number of halogens is 1. The Morgan fingerprint density at radius 2 is 1.97 bits per heavy atom. The van der Waals surface area contributed by atoms with Crippen LogP contribution in [0.2, 0.25) is 5.15 Å². The van der Waals surface area contributed by atoms with E-state index in [0.29, 0.717) is 34.7 Å². The highest BCUT2D eigenvalue weighted by atomic mass is 35.5. The molecule has 5 heterocycles. The second kappa shape index (κ2) is 7.58. The first-order chi connectivity index (χ1) is 14.6. The first-order valence-corrected chi connectivity index (χ1v) is 10.1. The summed E-state index contributed by atoms with van der Waals surface area (Å²) in [6.45, 7) is 3.46. The predicted molar refractivity (Wildman–Crippen MR) is 115 cm³/mol. The van der Waals surface area contributed by atoms with Crippen LogP contribution in [0.25, 0.3) is 28.1 Å². The summed E-state index contributed by atoms with van der Waals surface area (Å²) >= 11 is 6.37. The molecule has 4 aromatic rings. The summed E-state index contributed by atoms with van der Waals surface area (Å²) in [6, 6.07) is 2.04. The number of piperidine rings is 1. The van der Waals surface area contributed by atoms with Crippen molar-refractivity contribution in [3.05, 3.63) is 47.9 Å². The zero-order valence-electron chi connectivity index (χ0n) is 16.4. The molecule has 0 aliphatic carbocycles. The summed E-state index contributed by atoms with van der Waals surface area (Å²) in [7, 11) is 0. The molecule has 9 nitrogen and oxygen atoms in total. The Labute approximate surface area is 178 Å². The average Bonchev–Trinajstić information content (AvgIpc) is 3.17. The standard InChI is InChI=1S/C20H20ClN9/c1-12-6-23-9-16(27-12)15-5-17-13(7-24-15)8-26-30(17)18-10-25-19(21)20(28-18)29-4-2-3-14(22)11-29/h5-10,14H,2-4,11,22H2,1H3. The number of hydrogen-bond donors (Lipinski definition) is 1. The van der Waals surface area contributed by atoms with Crippen LogP contribution in [0.15, 0.2) is 37.1 Å². The molecule has 0 radical (unpaired) electrons. The van der Waals surface area contributed by atoms with Gasteiger partial charge in [0.15, 0.2) is 16.8 Å². The Morgan fingerprint density at radius 1 is 1.07 bits per heavy atom. The van der Waals surface area contributed by atoms with Gasteiger partial charge in [-0.25, -0.2) is 19.6 Å². The molecular formula is C20H20ClN9. The van der Waals surface area contributed by atoms with Gasteiger partial charge in [-0.15, -0.1) is 0 Å². The molecule has 2 N–H and O–H groups in total. The summed E-state index contributed by atoms with van der Waals surface area (Å²) in [6.07, 6.45) is 10.6. The second-order valence-corrected chi connectivity index (χ2v) is 7.78. The molecule has 0 spiro atoms. The lowest BCUT2D eigenvalue weighted by atomic mass is 10.1. The molecule has 1 fully saturated rings.